The Morgan fingerprint density at radius 2 is 2.14 bits per heavy atom. The van der Waals surface area contributed by atoms with Crippen molar-refractivity contribution in [3.63, 3.8) is 0 Å². The quantitative estimate of drug-likeness (QED) is 0.874. The molecule has 3 rings (SSSR count). The van der Waals surface area contributed by atoms with E-state index in [1.54, 1.807) is 0 Å². The zero-order chi connectivity index (χ0) is 15.2. The summed E-state index contributed by atoms with van der Waals surface area (Å²) >= 11 is 0. The van der Waals surface area contributed by atoms with E-state index in [1.165, 1.54) is 11.1 Å². The monoisotopic (exact) mass is 300 g/mol. The molecule has 1 aliphatic rings. The highest BCUT2D eigenvalue weighted by Crippen LogP contribution is 2.05. The fourth-order valence-electron chi connectivity index (χ4n) is 2.72. The Labute approximate surface area is 131 Å². The first-order valence-electron chi connectivity index (χ1n) is 7.86. The second-order valence-corrected chi connectivity index (χ2v) is 5.92. The Balaban J connectivity index is 1.44. The van der Waals surface area contributed by atoms with E-state index in [1.807, 2.05) is 16.9 Å². The lowest BCUT2D eigenvalue weighted by atomic mass is 10.2. The normalized spacial score (nSPS) is 19.4. The highest BCUT2D eigenvalue weighted by molar-refractivity contribution is 5.15. The molecule has 2 heterocycles. The van der Waals surface area contributed by atoms with Crippen LogP contribution in [0.5, 0.6) is 0 Å². The smallest absolute Gasteiger partial charge is 0.0826 e. The van der Waals surface area contributed by atoms with E-state index in [4.69, 9.17) is 4.74 Å². The summed E-state index contributed by atoms with van der Waals surface area (Å²) < 4.78 is 7.73. The van der Waals surface area contributed by atoms with Gasteiger partial charge in [-0.05, 0) is 12.6 Å². The predicted molar refractivity (Wildman–Crippen MR) is 86.7 cm³/mol. The van der Waals surface area contributed by atoms with Gasteiger partial charge in [0.2, 0.25) is 0 Å². The standard InChI is InChI=1S/C17H24N4O/c1-20-7-8-22-17(14-20)11-18-9-16-10-19-21(13-16)12-15-5-3-2-4-6-15/h2-6,10,13,17-18H,7-9,11-12,14H2,1H3/t17-/m0/s1. The van der Waals surface area contributed by atoms with Crippen LogP contribution in [0.4, 0.5) is 0 Å². The minimum absolute atomic E-state index is 0.290. The van der Waals surface area contributed by atoms with Crippen LogP contribution >= 0.6 is 0 Å². The van der Waals surface area contributed by atoms with Gasteiger partial charge in [0.1, 0.15) is 0 Å². The number of aromatic nitrogens is 2. The van der Waals surface area contributed by atoms with Gasteiger partial charge in [-0.25, -0.2) is 0 Å². The molecule has 0 radical (unpaired) electrons. The first kappa shape index (κ1) is 15.2. The summed E-state index contributed by atoms with van der Waals surface area (Å²) in [5, 5.41) is 7.89. The van der Waals surface area contributed by atoms with Crippen molar-refractivity contribution in [1.29, 1.82) is 0 Å². The van der Waals surface area contributed by atoms with Crippen LogP contribution in [0, 0.1) is 0 Å². The second kappa shape index (κ2) is 7.54. The average Bonchev–Trinajstić information content (AvgIpc) is 2.96. The highest BCUT2D eigenvalue weighted by Gasteiger charge is 2.16. The minimum atomic E-state index is 0.290. The molecule has 118 valence electrons. The van der Waals surface area contributed by atoms with Crippen molar-refractivity contribution < 1.29 is 4.74 Å². The molecule has 1 N–H and O–H groups in total. The summed E-state index contributed by atoms with van der Waals surface area (Å²) in [6.45, 7) is 5.39. The lowest BCUT2D eigenvalue weighted by Crippen LogP contribution is -2.44. The maximum atomic E-state index is 5.75. The molecule has 5 heteroatoms. The number of morpholine rings is 1. The summed E-state index contributed by atoms with van der Waals surface area (Å²) in [7, 11) is 2.14. The van der Waals surface area contributed by atoms with Gasteiger partial charge < -0.3 is 15.0 Å². The highest BCUT2D eigenvalue weighted by atomic mass is 16.5. The summed E-state index contributed by atoms with van der Waals surface area (Å²) in [6.07, 6.45) is 4.33. The summed E-state index contributed by atoms with van der Waals surface area (Å²) in [5.74, 6) is 0. The van der Waals surface area contributed by atoms with E-state index < -0.39 is 0 Å². The zero-order valence-corrected chi connectivity index (χ0v) is 13.1. The lowest BCUT2D eigenvalue weighted by molar-refractivity contribution is -0.0182. The fraction of sp³-hybridized carbons (Fsp3) is 0.471. The largest absolute Gasteiger partial charge is 0.374 e. The van der Waals surface area contributed by atoms with Crippen molar-refractivity contribution >= 4 is 0 Å². The van der Waals surface area contributed by atoms with Gasteiger partial charge in [0, 0.05) is 37.9 Å². The number of ether oxygens (including phenoxy) is 1. The summed E-state index contributed by atoms with van der Waals surface area (Å²) in [4.78, 5) is 2.31. The van der Waals surface area contributed by atoms with Crippen molar-refractivity contribution in [1.82, 2.24) is 20.0 Å². The molecule has 1 fully saturated rings. The number of likely N-dealkylation sites (N-methyl/N-ethyl adjacent to an activating group) is 1. The van der Waals surface area contributed by atoms with Crippen LogP contribution in [0.2, 0.25) is 0 Å². The molecule has 22 heavy (non-hydrogen) atoms. The first-order valence-corrected chi connectivity index (χ1v) is 7.86. The van der Waals surface area contributed by atoms with Crippen molar-refractivity contribution in [2.24, 2.45) is 0 Å². The maximum Gasteiger partial charge on any atom is 0.0826 e. The molecule has 0 bridgehead atoms. The van der Waals surface area contributed by atoms with E-state index in [9.17, 15) is 0 Å². The lowest BCUT2D eigenvalue weighted by Gasteiger charge is -2.30. The SMILES string of the molecule is CN1CCO[C@@H](CNCc2cnn(Cc3ccccc3)c2)C1. The minimum Gasteiger partial charge on any atom is -0.374 e. The molecule has 1 saturated heterocycles. The van der Waals surface area contributed by atoms with E-state index in [2.05, 4.69) is 52.8 Å². The number of hydrogen-bond donors (Lipinski definition) is 1. The molecule has 1 atom stereocenters. The van der Waals surface area contributed by atoms with E-state index in [0.29, 0.717) is 0 Å². The summed E-state index contributed by atoms with van der Waals surface area (Å²) in [6, 6.07) is 10.4. The van der Waals surface area contributed by atoms with Crippen LogP contribution in [-0.2, 0) is 17.8 Å². The van der Waals surface area contributed by atoms with Crippen LogP contribution in [0.3, 0.4) is 0 Å². The third kappa shape index (κ3) is 4.40. The van der Waals surface area contributed by atoms with Crippen LogP contribution in [0.15, 0.2) is 42.7 Å². The summed E-state index contributed by atoms with van der Waals surface area (Å²) in [5.41, 5.74) is 2.48. The Kier molecular flexibility index (Phi) is 5.21. The molecule has 1 aromatic heterocycles. The predicted octanol–water partition coefficient (Wildman–Crippen LogP) is 1.35. The molecule has 2 aromatic rings. The van der Waals surface area contributed by atoms with Crippen LogP contribution in [0.1, 0.15) is 11.1 Å². The van der Waals surface area contributed by atoms with Gasteiger partial charge in [0.25, 0.3) is 0 Å². The third-order valence-corrected chi connectivity index (χ3v) is 3.92. The van der Waals surface area contributed by atoms with Crippen molar-refractivity contribution in [3.05, 3.63) is 53.9 Å². The van der Waals surface area contributed by atoms with Crippen molar-refractivity contribution in [2.45, 2.75) is 19.2 Å². The molecule has 0 aliphatic carbocycles. The molecule has 0 saturated carbocycles. The van der Waals surface area contributed by atoms with Crippen molar-refractivity contribution in [3.8, 4) is 0 Å². The van der Waals surface area contributed by atoms with E-state index in [-0.39, 0.29) is 6.10 Å². The van der Waals surface area contributed by atoms with Gasteiger partial charge in [0.15, 0.2) is 0 Å². The molecule has 0 unspecified atom stereocenters. The number of nitrogens with zero attached hydrogens (tertiary/aromatic N) is 3. The van der Waals surface area contributed by atoms with E-state index in [0.717, 1.165) is 39.3 Å². The Hall–Kier alpha value is -1.69. The Morgan fingerprint density at radius 3 is 2.95 bits per heavy atom. The maximum absolute atomic E-state index is 5.75. The van der Waals surface area contributed by atoms with Crippen LogP contribution in [0.25, 0.3) is 0 Å². The van der Waals surface area contributed by atoms with Gasteiger partial charge in [-0.15, -0.1) is 0 Å². The van der Waals surface area contributed by atoms with Crippen molar-refractivity contribution in [2.75, 3.05) is 33.3 Å². The van der Waals surface area contributed by atoms with Crippen LogP contribution in [-0.4, -0.2) is 54.1 Å². The molecule has 1 aromatic carbocycles. The zero-order valence-electron chi connectivity index (χ0n) is 13.1. The first-order chi connectivity index (χ1) is 10.8. The average molecular weight is 300 g/mol. The van der Waals surface area contributed by atoms with Gasteiger partial charge in [-0.3, -0.25) is 4.68 Å². The second-order valence-electron chi connectivity index (χ2n) is 5.92. The van der Waals surface area contributed by atoms with Gasteiger partial charge >= 0.3 is 0 Å². The van der Waals surface area contributed by atoms with Crippen LogP contribution < -0.4 is 5.32 Å². The fourth-order valence-corrected chi connectivity index (χ4v) is 2.72. The Morgan fingerprint density at radius 1 is 1.27 bits per heavy atom. The number of benzene rings is 1. The van der Waals surface area contributed by atoms with E-state index >= 15 is 0 Å². The Bertz CT molecular complexity index is 569. The molecular weight excluding hydrogens is 276 g/mol. The number of hydrogen-bond acceptors (Lipinski definition) is 4. The number of nitrogens with one attached hydrogen (secondary N) is 1. The molecule has 1 aliphatic heterocycles. The molecule has 5 nitrogen and oxygen atoms in total. The third-order valence-electron chi connectivity index (χ3n) is 3.92. The van der Waals surface area contributed by atoms with Gasteiger partial charge in [-0.1, -0.05) is 30.3 Å². The van der Waals surface area contributed by atoms with Gasteiger partial charge in [-0.2, -0.15) is 5.10 Å². The molecule has 0 spiro atoms. The molecular formula is C17H24N4O. The number of rotatable bonds is 6. The topological polar surface area (TPSA) is 42.3 Å². The van der Waals surface area contributed by atoms with Gasteiger partial charge in [0.05, 0.1) is 25.5 Å². The molecule has 0 amide bonds.